The van der Waals surface area contributed by atoms with Crippen molar-refractivity contribution in [1.82, 2.24) is 0 Å². The molecule has 1 aromatic rings. The van der Waals surface area contributed by atoms with Crippen molar-refractivity contribution in [2.24, 2.45) is 0 Å². The summed E-state index contributed by atoms with van der Waals surface area (Å²) in [6, 6.07) is 5.50. The summed E-state index contributed by atoms with van der Waals surface area (Å²) in [7, 11) is -2.45. The van der Waals surface area contributed by atoms with Crippen molar-refractivity contribution in [2.75, 3.05) is 7.11 Å². The summed E-state index contributed by atoms with van der Waals surface area (Å²) in [4.78, 5) is 0.315. The zero-order chi connectivity index (χ0) is 17.7. The summed E-state index contributed by atoms with van der Waals surface area (Å²) in [6.45, 7) is 6.36. The van der Waals surface area contributed by atoms with Gasteiger partial charge < -0.3 is 0 Å². The molecule has 0 aliphatic heterocycles. The minimum Gasteiger partial charge on any atom is -0.270 e. The lowest BCUT2D eigenvalue weighted by atomic mass is 9.82. The Bertz CT molecular complexity index is 742. The molecule has 1 aromatic carbocycles. The van der Waals surface area contributed by atoms with Crippen LogP contribution in [0.15, 0.2) is 46.4 Å². The predicted octanol–water partition coefficient (Wildman–Crippen LogP) is 5.27. The lowest BCUT2D eigenvalue weighted by molar-refractivity contribution is 0.396. The Hall–Kier alpha value is -1.39. The summed E-state index contributed by atoms with van der Waals surface area (Å²) in [5.74, 6) is 0.229. The number of rotatable bonds is 6. The molecular weight excluding hydrogens is 320 g/mol. The lowest BCUT2D eigenvalue weighted by Crippen LogP contribution is -2.12. The van der Waals surface area contributed by atoms with Gasteiger partial charge in [0.05, 0.1) is 12.0 Å². The molecule has 0 fully saturated rings. The molecule has 4 heteroatoms. The first-order chi connectivity index (χ1) is 11.4. The average molecular weight is 349 g/mol. The second-order valence-electron chi connectivity index (χ2n) is 6.54. The predicted molar refractivity (Wildman–Crippen MR) is 98.7 cm³/mol. The van der Waals surface area contributed by atoms with E-state index >= 15 is 0 Å². The van der Waals surface area contributed by atoms with Crippen LogP contribution >= 0.6 is 0 Å². The maximum absolute atomic E-state index is 12.2. The minimum atomic E-state index is -3.67. The van der Waals surface area contributed by atoms with Gasteiger partial charge in [0, 0.05) is 0 Å². The highest BCUT2D eigenvalue weighted by Gasteiger charge is 2.25. The van der Waals surface area contributed by atoms with Crippen LogP contribution in [0.25, 0.3) is 0 Å². The molecule has 1 aliphatic rings. The number of unbranched alkanes of at least 4 members (excludes halogenated alkanes) is 1. The van der Waals surface area contributed by atoms with Crippen LogP contribution in [0.5, 0.6) is 0 Å². The molecule has 0 N–H and O–H groups in total. The SMILES string of the molecule is CCCC=C(C)C1=CCC(c2cc(C)ccc2S(=O)(=O)OC)CC1. The molecule has 0 saturated carbocycles. The molecule has 0 bridgehead atoms. The van der Waals surface area contributed by atoms with E-state index in [1.807, 2.05) is 19.1 Å². The van der Waals surface area contributed by atoms with E-state index in [1.165, 1.54) is 18.3 Å². The Kier molecular flexibility index (Phi) is 6.41. The number of hydrogen-bond acceptors (Lipinski definition) is 3. The third-order valence-electron chi connectivity index (χ3n) is 4.75. The molecule has 0 aromatic heterocycles. The average Bonchev–Trinajstić information content (AvgIpc) is 2.59. The second kappa shape index (κ2) is 8.13. The second-order valence-corrected chi connectivity index (χ2v) is 8.22. The topological polar surface area (TPSA) is 43.4 Å². The highest BCUT2D eigenvalue weighted by atomic mass is 32.2. The molecule has 1 unspecified atom stereocenters. The Balaban J connectivity index is 2.29. The van der Waals surface area contributed by atoms with Gasteiger partial charge in [0.15, 0.2) is 0 Å². The maximum atomic E-state index is 12.2. The third-order valence-corrected chi connectivity index (χ3v) is 6.10. The zero-order valence-corrected chi connectivity index (χ0v) is 15.9. The van der Waals surface area contributed by atoms with E-state index in [0.29, 0.717) is 4.90 Å². The summed E-state index contributed by atoms with van der Waals surface area (Å²) in [5, 5.41) is 0. The van der Waals surface area contributed by atoms with Crippen LogP contribution < -0.4 is 0 Å². The standard InChI is InChI=1S/C20H28O3S/c1-5-6-7-16(3)17-9-11-18(12-10-17)19-14-15(2)8-13-20(19)24(21,22)23-4/h7-9,13-14,18H,5-6,10-12H2,1-4H3. The van der Waals surface area contributed by atoms with Crippen molar-refractivity contribution in [3.63, 3.8) is 0 Å². The minimum absolute atomic E-state index is 0.229. The van der Waals surface area contributed by atoms with Crippen LogP contribution in [-0.4, -0.2) is 15.5 Å². The molecule has 132 valence electrons. The molecule has 3 nitrogen and oxygen atoms in total. The van der Waals surface area contributed by atoms with Crippen LogP contribution in [0.1, 0.15) is 63.0 Å². The van der Waals surface area contributed by atoms with Gasteiger partial charge in [0.25, 0.3) is 10.1 Å². The Morgan fingerprint density at radius 1 is 1.38 bits per heavy atom. The van der Waals surface area contributed by atoms with Crippen molar-refractivity contribution in [2.45, 2.75) is 63.7 Å². The summed E-state index contributed by atoms with van der Waals surface area (Å²) in [5.41, 5.74) is 4.74. The largest absolute Gasteiger partial charge is 0.296 e. The van der Waals surface area contributed by atoms with Gasteiger partial charge in [-0.15, -0.1) is 0 Å². The Labute approximate surface area is 146 Å². The highest BCUT2D eigenvalue weighted by Crippen LogP contribution is 2.38. The fourth-order valence-electron chi connectivity index (χ4n) is 3.27. The third kappa shape index (κ3) is 4.37. The molecule has 0 radical (unpaired) electrons. The first-order valence-corrected chi connectivity index (χ1v) is 10.1. The van der Waals surface area contributed by atoms with E-state index < -0.39 is 10.1 Å². The zero-order valence-electron chi connectivity index (χ0n) is 15.1. The molecule has 0 saturated heterocycles. The van der Waals surface area contributed by atoms with Crippen molar-refractivity contribution < 1.29 is 12.6 Å². The Morgan fingerprint density at radius 3 is 2.71 bits per heavy atom. The van der Waals surface area contributed by atoms with Gasteiger partial charge in [-0.25, -0.2) is 0 Å². The highest BCUT2D eigenvalue weighted by molar-refractivity contribution is 7.86. The van der Waals surface area contributed by atoms with Gasteiger partial charge >= 0.3 is 0 Å². The summed E-state index contributed by atoms with van der Waals surface area (Å²) >= 11 is 0. The van der Waals surface area contributed by atoms with Gasteiger partial charge in [-0.2, -0.15) is 8.42 Å². The van der Waals surface area contributed by atoms with Crippen LogP contribution in [0, 0.1) is 6.92 Å². The Morgan fingerprint density at radius 2 is 2.12 bits per heavy atom. The van der Waals surface area contributed by atoms with Crippen LogP contribution in [-0.2, 0) is 14.3 Å². The van der Waals surface area contributed by atoms with E-state index in [-0.39, 0.29) is 5.92 Å². The van der Waals surface area contributed by atoms with E-state index in [0.717, 1.165) is 43.2 Å². The molecule has 0 amide bonds. The number of aryl methyl sites for hydroxylation is 1. The van der Waals surface area contributed by atoms with Crippen LogP contribution in [0.3, 0.4) is 0 Å². The maximum Gasteiger partial charge on any atom is 0.296 e. The van der Waals surface area contributed by atoms with E-state index in [4.69, 9.17) is 4.18 Å². The summed E-state index contributed by atoms with van der Waals surface area (Å²) in [6.07, 6.45) is 9.70. The molecule has 2 rings (SSSR count). The molecule has 1 aliphatic carbocycles. The van der Waals surface area contributed by atoms with Crippen molar-refractivity contribution in [1.29, 1.82) is 0 Å². The van der Waals surface area contributed by atoms with E-state index in [9.17, 15) is 8.42 Å². The number of hydrogen-bond donors (Lipinski definition) is 0. The first-order valence-electron chi connectivity index (χ1n) is 8.66. The normalized spacial score (nSPS) is 19.2. The smallest absolute Gasteiger partial charge is 0.270 e. The van der Waals surface area contributed by atoms with Gasteiger partial charge in [0.2, 0.25) is 0 Å². The summed E-state index contributed by atoms with van der Waals surface area (Å²) < 4.78 is 29.2. The van der Waals surface area contributed by atoms with Gasteiger partial charge in [0.1, 0.15) is 0 Å². The monoisotopic (exact) mass is 348 g/mol. The lowest BCUT2D eigenvalue weighted by Gasteiger charge is -2.25. The fourth-order valence-corrected chi connectivity index (χ4v) is 4.20. The van der Waals surface area contributed by atoms with Crippen molar-refractivity contribution >= 4 is 10.1 Å². The van der Waals surface area contributed by atoms with Crippen molar-refractivity contribution in [3.05, 3.63) is 52.6 Å². The number of benzene rings is 1. The molecule has 0 heterocycles. The quantitative estimate of drug-likeness (QED) is 0.658. The van der Waals surface area contributed by atoms with E-state index in [1.54, 1.807) is 6.07 Å². The van der Waals surface area contributed by atoms with Crippen LogP contribution in [0.2, 0.25) is 0 Å². The van der Waals surface area contributed by atoms with Crippen LogP contribution in [0.4, 0.5) is 0 Å². The number of allylic oxidation sites excluding steroid dienone is 4. The van der Waals surface area contributed by atoms with Gasteiger partial charge in [-0.1, -0.05) is 48.8 Å². The molecular formula is C20H28O3S. The molecule has 0 spiro atoms. The van der Waals surface area contributed by atoms with Crippen molar-refractivity contribution in [3.8, 4) is 0 Å². The molecule has 24 heavy (non-hydrogen) atoms. The fraction of sp³-hybridized carbons (Fsp3) is 0.500. The van der Waals surface area contributed by atoms with Gasteiger partial charge in [-0.3, -0.25) is 4.18 Å². The van der Waals surface area contributed by atoms with E-state index in [2.05, 4.69) is 26.0 Å². The molecule has 1 atom stereocenters. The first kappa shape index (κ1) is 18.9. The van der Waals surface area contributed by atoms with Gasteiger partial charge in [-0.05, 0) is 62.7 Å².